The molecule has 26 heavy (non-hydrogen) atoms. The van der Waals surface area contributed by atoms with Gasteiger partial charge in [-0.05, 0) is 48.7 Å². The molecule has 0 saturated heterocycles. The van der Waals surface area contributed by atoms with Gasteiger partial charge >= 0.3 is 5.97 Å². The van der Waals surface area contributed by atoms with E-state index in [0.29, 0.717) is 16.7 Å². The maximum Gasteiger partial charge on any atom is 0.328 e. The van der Waals surface area contributed by atoms with Crippen LogP contribution in [0.25, 0.3) is 0 Å². The van der Waals surface area contributed by atoms with Gasteiger partial charge in [0.15, 0.2) is 0 Å². The molecule has 6 nitrogen and oxygen atoms in total. The summed E-state index contributed by atoms with van der Waals surface area (Å²) >= 11 is 0. The van der Waals surface area contributed by atoms with Gasteiger partial charge in [0.25, 0.3) is 0 Å². The summed E-state index contributed by atoms with van der Waals surface area (Å²) in [6.45, 7) is 3.50. The van der Waals surface area contributed by atoms with Crippen LogP contribution in [0.1, 0.15) is 28.3 Å². The van der Waals surface area contributed by atoms with Gasteiger partial charge in [0.05, 0.1) is 17.6 Å². The maximum absolute atomic E-state index is 13.5. The Balaban J connectivity index is 2.52. The standard InChI is InChI=1S/C18H17FN2O4S/c1-11-5-4-6-12(2)16(11)17(18(22)25-3)21-26(23,24)14-7-8-15(19)13(9-14)10-20/h4-9,17,21H,1-3H3/t17-/m1/s1. The molecule has 0 radical (unpaired) electrons. The first-order chi connectivity index (χ1) is 12.2. The number of nitrogens with one attached hydrogen (secondary N) is 1. The summed E-state index contributed by atoms with van der Waals surface area (Å²) in [4.78, 5) is 11.9. The van der Waals surface area contributed by atoms with Gasteiger partial charge in [-0.3, -0.25) is 0 Å². The third kappa shape index (κ3) is 3.90. The van der Waals surface area contributed by atoms with Crippen molar-refractivity contribution in [2.24, 2.45) is 0 Å². The zero-order valence-electron chi connectivity index (χ0n) is 14.4. The predicted molar refractivity (Wildman–Crippen MR) is 92.1 cm³/mol. The number of benzene rings is 2. The van der Waals surface area contributed by atoms with E-state index in [0.717, 1.165) is 25.3 Å². The average Bonchev–Trinajstić information content (AvgIpc) is 2.60. The summed E-state index contributed by atoms with van der Waals surface area (Å²) in [7, 11) is -3.06. The average molecular weight is 376 g/mol. The fraction of sp³-hybridized carbons (Fsp3) is 0.222. The van der Waals surface area contributed by atoms with E-state index >= 15 is 0 Å². The number of carbonyl (C=O) groups is 1. The van der Waals surface area contributed by atoms with Crippen molar-refractivity contribution in [1.82, 2.24) is 4.72 Å². The minimum atomic E-state index is -4.21. The van der Waals surface area contributed by atoms with Crippen molar-refractivity contribution in [3.63, 3.8) is 0 Å². The van der Waals surface area contributed by atoms with E-state index in [1.165, 1.54) is 0 Å². The van der Waals surface area contributed by atoms with Crippen LogP contribution in [0.3, 0.4) is 0 Å². The zero-order chi connectivity index (χ0) is 19.5. The summed E-state index contributed by atoms with van der Waals surface area (Å²) in [6.07, 6.45) is 0. The highest BCUT2D eigenvalue weighted by Crippen LogP contribution is 2.25. The number of nitrogens with zero attached hydrogens (tertiary/aromatic N) is 1. The van der Waals surface area contributed by atoms with Crippen LogP contribution in [0.5, 0.6) is 0 Å². The molecule has 0 aliphatic heterocycles. The molecule has 0 bridgehead atoms. The van der Waals surface area contributed by atoms with Gasteiger partial charge in [0.1, 0.15) is 17.9 Å². The zero-order valence-corrected chi connectivity index (χ0v) is 15.2. The topological polar surface area (TPSA) is 96.3 Å². The van der Waals surface area contributed by atoms with Gasteiger partial charge in [-0.1, -0.05) is 18.2 Å². The van der Waals surface area contributed by atoms with Crippen LogP contribution in [0.2, 0.25) is 0 Å². The van der Waals surface area contributed by atoms with Gasteiger partial charge in [0.2, 0.25) is 10.0 Å². The molecule has 0 amide bonds. The van der Waals surface area contributed by atoms with E-state index in [2.05, 4.69) is 4.72 Å². The Morgan fingerprint density at radius 2 is 1.85 bits per heavy atom. The fourth-order valence-corrected chi connectivity index (χ4v) is 3.79. The summed E-state index contributed by atoms with van der Waals surface area (Å²) in [5, 5.41) is 8.89. The minimum Gasteiger partial charge on any atom is -0.468 e. The number of sulfonamides is 1. The lowest BCUT2D eigenvalue weighted by Crippen LogP contribution is -2.35. The second-order valence-corrected chi connectivity index (χ2v) is 7.35. The molecule has 0 unspecified atom stereocenters. The smallest absolute Gasteiger partial charge is 0.328 e. The second kappa shape index (κ2) is 7.64. The summed E-state index contributed by atoms with van der Waals surface area (Å²) < 4.78 is 45.9. The molecule has 8 heteroatoms. The van der Waals surface area contributed by atoms with E-state index in [9.17, 15) is 17.6 Å². The molecule has 1 atom stereocenters. The Bertz CT molecular complexity index is 976. The van der Waals surface area contributed by atoms with Crippen LogP contribution in [0.4, 0.5) is 4.39 Å². The Labute approximate surface area is 151 Å². The molecule has 0 aliphatic carbocycles. The summed E-state index contributed by atoms with van der Waals surface area (Å²) in [6, 6.07) is 8.42. The van der Waals surface area contributed by atoms with E-state index < -0.39 is 33.4 Å². The van der Waals surface area contributed by atoms with E-state index in [4.69, 9.17) is 10.00 Å². The maximum atomic E-state index is 13.5. The van der Waals surface area contributed by atoms with E-state index in [1.54, 1.807) is 38.1 Å². The van der Waals surface area contributed by atoms with Crippen molar-refractivity contribution >= 4 is 16.0 Å². The van der Waals surface area contributed by atoms with E-state index in [-0.39, 0.29) is 4.90 Å². The number of rotatable bonds is 5. The third-order valence-corrected chi connectivity index (χ3v) is 5.33. The summed E-state index contributed by atoms with van der Waals surface area (Å²) in [5.41, 5.74) is 1.49. The minimum absolute atomic E-state index is 0.324. The number of carbonyl (C=O) groups excluding carboxylic acids is 1. The lowest BCUT2D eigenvalue weighted by atomic mass is 9.97. The second-order valence-electron chi connectivity index (χ2n) is 5.64. The van der Waals surface area contributed by atoms with Crippen LogP contribution >= 0.6 is 0 Å². The molecule has 0 fully saturated rings. The first-order valence-electron chi connectivity index (χ1n) is 7.57. The molecule has 0 heterocycles. The van der Waals surface area contributed by atoms with Crippen LogP contribution in [0.15, 0.2) is 41.3 Å². The molecule has 1 N–H and O–H groups in total. The van der Waals surface area contributed by atoms with Crippen molar-refractivity contribution in [3.8, 4) is 6.07 Å². The van der Waals surface area contributed by atoms with Crippen LogP contribution in [0, 0.1) is 31.0 Å². The number of hydrogen-bond donors (Lipinski definition) is 1. The van der Waals surface area contributed by atoms with Gasteiger partial charge in [-0.2, -0.15) is 9.98 Å². The number of ether oxygens (including phenoxy) is 1. The Hall–Kier alpha value is -2.76. The Morgan fingerprint density at radius 3 is 2.38 bits per heavy atom. The van der Waals surface area contributed by atoms with Gasteiger partial charge in [-0.25, -0.2) is 17.6 Å². The first kappa shape index (κ1) is 19.6. The SMILES string of the molecule is COC(=O)[C@H](NS(=O)(=O)c1ccc(F)c(C#N)c1)c1c(C)cccc1C. The van der Waals surface area contributed by atoms with Gasteiger partial charge in [-0.15, -0.1) is 0 Å². The van der Waals surface area contributed by atoms with Gasteiger partial charge in [0, 0.05) is 0 Å². The lowest BCUT2D eigenvalue weighted by Gasteiger charge is -2.21. The number of hydrogen-bond acceptors (Lipinski definition) is 5. The molecule has 2 aromatic rings. The first-order valence-corrected chi connectivity index (χ1v) is 9.05. The number of methoxy groups -OCH3 is 1. The van der Waals surface area contributed by atoms with Crippen molar-refractivity contribution < 1.29 is 22.3 Å². The highest BCUT2D eigenvalue weighted by Gasteiger charge is 2.30. The molecule has 0 aromatic heterocycles. The number of esters is 1. The molecule has 0 spiro atoms. The Kier molecular flexibility index (Phi) is 5.75. The van der Waals surface area contributed by atoms with Crippen LogP contribution in [-0.2, 0) is 19.6 Å². The van der Waals surface area contributed by atoms with E-state index in [1.807, 2.05) is 0 Å². The van der Waals surface area contributed by atoms with Crippen LogP contribution < -0.4 is 4.72 Å². The summed E-state index contributed by atoms with van der Waals surface area (Å²) in [5.74, 6) is -1.61. The highest BCUT2D eigenvalue weighted by molar-refractivity contribution is 7.89. The van der Waals surface area contributed by atoms with Gasteiger partial charge < -0.3 is 4.74 Å². The third-order valence-electron chi connectivity index (χ3n) is 3.91. The van der Waals surface area contributed by atoms with Crippen molar-refractivity contribution in [2.75, 3.05) is 7.11 Å². The van der Waals surface area contributed by atoms with Crippen molar-refractivity contribution in [1.29, 1.82) is 5.26 Å². The highest BCUT2D eigenvalue weighted by atomic mass is 32.2. The normalized spacial score (nSPS) is 12.3. The molecule has 2 rings (SSSR count). The van der Waals surface area contributed by atoms with Crippen molar-refractivity contribution in [2.45, 2.75) is 24.8 Å². The molecule has 2 aromatic carbocycles. The largest absolute Gasteiger partial charge is 0.468 e. The lowest BCUT2D eigenvalue weighted by molar-refractivity contribution is -0.142. The molecular weight excluding hydrogens is 359 g/mol. The quantitative estimate of drug-likeness (QED) is 0.809. The van der Waals surface area contributed by atoms with Crippen LogP contribution in [-0.4, -0.2) is 21.5 Å². The number of aryl methyl sites for hydroxylation is 2. The number of nitriles is 1. The monoisotopic (exact) mass is 376 g/mol. The molecule has 136 valence electrons. The fourth-order valence-electron chi connectivity index (χ4n) is 2.61. The van der Waals surface area contributed by atoms with Crippen molar-refractivity contribution in [3.05, 3.63) is 64.5 Å². The number of halogens is 1. The Morgan fingerprint density at radius 1 is 1.23 bits per heavy atom. The predicted octanol–water partition coefficient (Wildman–Crippen LogP) is 2.51. The molecule has 0 saturated carbocycles. The molecular formula is C18H17FN2O4S. The molecule has 0 aliphatic rings.